The highest BCUT2D eigenvalue weighted by atomic mass is 35.5. The van der Waals surface area contributed by atoms with Crippen LogP contribution in [-0.2, 0) is 11.2 Å². The van der Waals surface area contributed by atoms with E-state index in [-0.39, 0.29) is 24.3 Å². The third kappa shape index (κ3) is 4.25. The number of carbonyl (C=O) groups is 1. The van der Waals surface area contributed by atoms with Crippen molar-refractivity contribution in [3.8, 4) is 12.3 Å². The Hall–Kier alpha value is -1.17. The molecule has 0 heterocycles. The van der Waals surface area contributed by atoms with E-state index in [1.54, 1.807) is 18.2 Å². The Morgan fingerprint density at radius 2 is 2.06 bits per heavy atom. The van der Waals surface area contributed by atoms with Crippen LogP contribution >= 0.6 is 23.2 Å². The molecule has 0 saturated carbocycles. The summed E-state index contributed by atoms with van der Waals surface area (Å²) in [4.78, 5) is 11.8. The summed E-state index contributed by atoms with van der Waals surface area (Å²) in [5, 5.41) is 3.72. The first-order valence-electron chi connectivity index (χ1n) is 5.63. The second-order valence-corrected chi connectivity index (χ2v) is 5.20. The van der Waals surface area contributed by atoms with E-state index in [1.165, 1.54) is 0 Å². The molecular weight excluding hydrogens is 269 g/mol. The molecule has 1 N–H and O–H groups in total. The number of carbonyl (C=O) groups excluding carboxylic acids is 1. The fraction of sp³-hybridized carbons (Fsp3) is 0.357. The van der Waals surface area contributed by atoms with Crippen LogP contribution in [0.15, 0.2) is 18.2 Å². The molecule has 0 fully saturated rings. The smallest absolute Gasteiger partial charge is 0.225 e. The van der Waals surface area contributed by atoms with Gasteiger partial charge in [-0.05, 0) is 23.6 Å². The molecule has 0 radical (unpaired) electrons. The van der Waals surface area contributed by atoms with E-state index >= 15 is 0 Å². The number of hydrogen-bond acceptors (Lipinski definition) is 1. The fourth-order valence-corrected chi connectivity index (χ4v) is 1.78. The van der Waals surface area contributed by atoms with Crippen LogP contribution in [0.4, 0.5) is 0 Å². The predicted octanol–water partition coefficient (Wildman–Crippen LogP) is 3.31. The zero-order chi connectivity index (χ0) is 13.7. The van der Waals surface area contributed by atoms with Gasteiger partial charge in [-0.1, -0.05) is 49.0 Å². The highest BCUT2D eigenvalue weighted by Crippen LogP contribution is 2.22. The molecule has 1 aromatic carbocycles. The van der Waals surface area contributed by atoms with Crippen molar-refractivity contribution in [1.82, 2.24) is 5.32 Å². The molecular formula is C14H15Cl2NO. The molecule has 96 valence electrons. The Labute approximate surface area is 118 Å². The number of hydrogen-bond donors (Lipinski definition) is 1. The summed E-state index contributed by atoms with van der Waals surface area (Å²) < 4.78 is 0. The van der Waals surface area contributed by atoms with Crippen molar-refractivity contribution >= 4 is 29.1 Å². The number of rotatable bonds is 4. The lowest BCUT2D eigenvalue weighted by atomic mass is 10.0. The first kappa shape index (κ1) is 14.9. The lowest BCUT2D eigenvalue weighted by molar-refractivity contribution is -0.121. The van der Waals surface area contributed by atoms with E-state index in [0.717, 1.165) is 5.56 Å². The molecule has 1 aromatic rings. The summed E-state index contributed by atoms with van der Waals surface area (Å²) in [6.07, 6.45) is 5.59. The van der Waals surface area contributed by atoms with Gasteiger partial charge < -0.3 is 5.32 Å². The summed E-state index contributed by atoms with van der Waals surface area (Å²) in [6, 6.07) is 4.88. The standard InChI is InChI=1S/C14H15Cl2NO/c1-4-13(9(2)3)17-14(18)8-10-5-6-11(15)12(16)7-10/h1,5-7,9,13H,8H2,2-3H3,(H,17,18). The summed E-state index contributed by atoms with van der Waals surface area (Å²) >= 11 is 11.7. The average Bonchev–Trinajstić information content (AvgIpc) is 2.30. The first-order valence-corrected chi connectivity index (χ1v) is 6.39. The van der Waals surface area contributed by atoms with Crippen LogP contribution in [-0.4, -0.2) is 11.9 Å². The van der Waals surface area contributed by atoms with Crippen molar-refractivity contribution in [2.45, 2.75) is 26.3 Å². The van der Waals surface area contributed by atoms with Gasteiger partial charge in [0.2, 0.25) is 5.91 Å². The van der Waals surface area contributed by atoms with E-state index in [1.807, 2.05) is 13.8 Å². The molecule has 0 aliphatic heterocycles. The molecule has 0 aliphatic rings. The van der Waals surface area contributed by atoms with Crippen molar-refractivity contribution in [1.29, 1.82) is 0 Å². The van der Waals surface area contributed by atoms with Crippen molar-refractivity contribution in [2.24, 2.45) is 5.92 Å². The summed E-state index contributed by atoms with van der Waals surface area (Å²) in [6.45, 7) is 3.92. The summed E-state index contributed by atoms with van der Waals surface area (Å²) in [7, 11) is 0. The second-order valence-electron chi connectivity index (χ2n) is 4.38. The van der Waals surface area contributed by atoms with Crippen LogP contribution in [0.3, 0.4) is 0 Å². The molecule has 0 aromatic heterocycles. The van der Waals surface area contributed by atoms with Crippen molar-refractivity contribution < 1.29 is 4.79 Å². The van der Waals surface area contributed by atoms with E-state index < -0.39 is 0 Å². The molecule has 0 bridgehead atoms. The van der Waals surface area contributed by atoms with Gasteiger partial charge in [0.25, 0.3) is 0 Å². The third-order valence-corrected chi connectivity index (χ3v) is 3.25. The van der Waals surface area contributed by atoms with Crippen molar-refractivity contribution in [2.75, 3.05) is 0 Å². The molecule has 0 saturated heterocycles. The molecule has 1 unspecified atom stereocenters. The highest BCUT2D eigenvalue weighted by molar-refractivity contribution is 6.42. The normalized spacial score (nSPS) is 12.0. The quantitative estimate of drug-likeness (QED) is 0.844. The minimum atomic E-state index is -0.250. The van der Waals surface area contributed by atoms with Crippen LogP contribution < -0.4 is 5.32 Å². The Kier molecular flexibility index (Phi) is 5.53. The van der Waals surface area contributed by atoms with Crippen LogP contribution in [0.25, 0.3) is 0 Å². The SMILES string of the molecule is C#CC(NC(=O)Cc1ccc(Cl)c(Cl)c1)C(C)C. The Morgan fingerprint density at radius 1 is 1.39 bits per heavy atom. The number of nitrogens with one attached hydrogen (secondary N) is 1. The number of amides is 1. The van der Waals surface area contributed by atoms with Gasteiger partial charge in [-0.25, -0.2) is 0 Å². The Morgan fingerprint density at radius 3 is 2.56 bits per heavy atom. The van der Waals surface area contributed by atoms with Crippen molar-refractivity contribution in [3.05, 3.63) is 33.8 Å². The Balaban J connectivity index is 2.65. The predicted molar refractivity (Wildman–Crippen MR) is 75.8 cm³/mol. The van der Waals surface area contributed by atoms with Gasteiger partial charge in [0.05, 0.1) is 22.5 Å². The van der Waals surface area contributed by atoms with Gasteiger partial charge in [-0.2, -0.15) is 0 Å². The maximum absolute atomic E-state index is 11.8. The lowest BCUT2D eigenvalue weighted by Gasteiger charge is -2.16. The minimum absolute atomic E-state index is 0.120. The second kappa shape index (κ2) is 6.68. The molecule has 0 spiro atoms. The Bertz CT molecular complexity index is 477. The van der Waals surface area contributed by atoms with Crippen LogP contribution in [0, 0.1) is 18.3 Å². The van der Waals surface area contributed by atoms with E-state index in [4.69, 9.17) is 29.6 Å². The van der Waals surface area contributed by atoms with Gasteiger partial charge in [-0.15, -0.1) is 6.42 Å². The van der Waals surface area contributed by atoms with Crippen molar-refractivity contribution in [3.63, 3.8) is 0 Å². The van der Waals surface area contributed by atoms with Crippen LogP contribution in [0.2, 0.25) is 10.0 Å². The third-order valence-electron chi connectivity index (χ3n) is 2.51. The minimum Gasteiger partial charge on any atom is -0.342 e. The first-order chi connectivity index (χ1) is 8.43. The zero-order valence-electron chi connectivity index (χ0n) is 10.3. The highest BCUT2D eigenvalue weighted by Gasteiger charge is 2.13. The largest absolute Gasteiger partial charge is 0.342 e. The lowest BCUT2D eigenvalue weighted by Crippen LogP contribution is -2.38. The molecule has 1 amide bonds. The molecule has 2 nitrogen and oxygen atoms in total. The van der Waals surface area contributed by atoms with Gasteiger partial charge in [0, 0.05) is 0 Å². The van der Waals surface area contributed by atoms with Gasteiger partial charge in [0.15, 0.2) is 0 Å². The summed E-state index contributed by atoms with van der Waals surface area (Å²) in [5.41, 5.74) is 0.807. The van der Waals surface area contributed by atoms with E-state index in [9.17, 15) is 4.79 Å². The maximum Gasteiger partial charge on any atom is 0.225 e. The topological polar surface area (TPSA) is 29.1 Å². The van der Waals surface area contributed by atoms with Crippen LogP contribution in [0.1, 0.15) is 19.4 Å². The number of terminal acetylenes is 1. The molecule has 1 atom stereocenters. The van der Waals surface area contributed by atoms with Gasteiger partial charge in [0.1, 0.15) is 0 Å². The van der Waals surface area contributed by atoms with E-state index in [0.29, 0.717) is 10.0 Å². The monoisotopic (exact) mass is 283 g/mol. The van der Waals surface area contributed by atoms with Gasteiger partial charge in [-0.3, -0.25) is 4.79 Å². The molecule has 0 aliphatic carbocycles. The zero-order valence-corrected chi connectivity index (χ0v) is 11.8. The average molecular weight is 284 g/mol. The van der Waals surface area contributed by atoms with E-state index in [2.05, 4.69) is 11.2 Å². The fourth-order valence-electron chi connectivity index (χ4n) is 1.46. The molecule has 1 rings (SSSR count). The van der Waals surface area contributed by atoms with Gasteiger partial charge >= 0.3 is 0 Å². The summed E-state index contributed by atoms with van der Waals surface area (Å²) in [5.74, 6) is 2.64. The molecule has 18 heavy (non-hydrogen) atoms. The van der Waals surface area contributed by atoms with Crippen LogP contribution in [0.5, 0.6) is 0 Å². The molecule has 4 heteroatoms. The maximum atomic E-state index is 11.8. The number of benzene rings is 1. The number of halogens is 2.